The van der Waals surface area contributed by atoms with Crippen molar-refractivity contribution in [2.45, 2.75) is 38.8 Å². The number of hydrogen-bond donors (Lipinski definition) is 1. The van der Waals surface area contributed by atoms with Crippen molar-refractivity contribution in [1.82, 2.24) is 9.55 Å². The number of aryl methyl sites for hydroxylation is 1. The van der Waals surface area contributed by atoms with E-state index >= 15 is 0 Å². The van der Waals surface area contributed by atoms with Crippen molar-refractivity contribution in [2.24, 2.45) is 0 Å². The maximum atomic E-state index is 5.87. The predicted octanol–water partition coefficient (Wildman–Crippen LogP) is 2.53. The molecule has 2 atom stereocenters. The van der Waals surface area contributed by atoms with E-state index in [0.29, 0.717) is 12.0 Å². The minimum atomic E-state index is 0.338. The molecule has 1 saturated heterocycles. The van der Waals surface area contributed by atoms with Crippen LogP contribution in [-0.4, -0.2) is 22.3 Å². The summed E-state index contributed by atoms with van der Waals surface area (Å²) in [5.74, 6) is 1.55. The van der Waals surface area contributed by atoms with E-state index in [9.17, 15) is 0 Å². The third-order valence-corrected chi connectivity index (χ3v) is 3.68. The lowest BCUT2D eigenvalue weighted by molar-refractivity contribution is 0.123. The lowest BCUT2D eigenvalue weighted by Gasteiger charge is -2.10. The summed E-state index contributed by atoms with van der Waals surface area (Å²) in [6.07, 6.45) is 1.39. The molecule has 18 heavy (non-hydrogen) atoms. The zero-order chi connectivity index (χ0) is 12.7. The predicted molar refractivity (Wildman–Crippen MR) is 72.6 cm³/mol. The van der Waals surface area contributed by atoms with Crippen molar-refractivity contribution in [3.63, 3.8) is 0 Å². The number of nitrogen functional groups attached to an aromatic ring is 1. The van der Waals surface area contributed by atoms with Crippen LogP contribution in [0.2, 0.25) is 0 Å². The van der Waals surface area contributed by atoms with Crippen LogP contribution in [0.1, 0.15) is 32.0 Å². The highest BCUT2D eigenvalue weighted by Gasteiger charge is 2.28. The minimum Gasteiger partial charge on any atom is -0.399 e. The maximum Gasteiger partial charge on any atom is 0.115 e. The average molecular weight is 245 g/mol. The molecule has 1 aliphatic rings. The number of anilines is 1. The zero-order valence-electron chi connectivity index (χ0n) is 10.9. The number of rotatable bonds is 2. The molecule has 3 rings (SSSR count). The van der Waals surface area contributed by atoms with Crippen molar-refractivity contribution in [3.05, 3.63) is 24.0 Å². The molecule has 0 amide bonds. The number of nitrogens with zero attached hydrogens (tertiary/aromatic N) is 2. The molecule has 1 fully saturated rings. The molecule has 1 aromatic carbocycles. The Morgan fingerprint density at radius 1 is 1.50 bits per heavy atom. The lowest BCUT2D eigenvalue weighted by Crippen LogP contribution is -2.08. The Morgan fingerprint density at radius 2 is 2.33 bits per heavy atom. The minimum absolute atomic E-state index is 0.338. The molecule has 0 aliphatic carbocycles. The summed E-state index contributed by atoms with van der Waals surface area (Å²) in [6, 6.07) is 5.92. The van der Waals surface area contributed by atoms with Gasteiger partial charge in [0.05, 0.1) is 23.7 Å². The van der Waals surface area contributed by atoms with Crippen LogP contribution >= 0.6 is 0 Å². The van der Waals surface area contributed by atoms with Gasteiger partial charge in [-0.15, -0.1) is 0 Å². The second-order valence-corrected chi connectivity index (χ2v) is 5.04. The van der Waals surface area contributed by atoms with Gasteiger partial charge in [-0.3, -0.25) is 0 Å². The molecular weight excluding hydrogens is 226 g/mol. The van der Waals surface area contributed by atoms with Crippen LogP contribution < -0.4 is 5.73 Å². The first kappa shape index (κ1) is 11.5. The van der Waals surface area contributed by atoms with Gasteiger partial charge in [-0.25, -0.2) is 4.98 Å². The third-order valence-electron chi connectivity index (χ3n) is 3.68. The van der Waals surface area contributed by atoms with E-state index in [2.05, 4.69) is 18.4 Å². The SMILES string of the molecule is CCn1c(C2COC(C)C2)nc2ccc(N)cc21. The largest absolute Gasteiger partial charge is 0.399 e. The molecule has 0 radical (unpaired) electrons. The van der Waals surface area contributed by atoms with Gasteiger partial charge in [0, 0.05) is 18.2 Å². The van der Waals surface area contributed by atoms with E-state index in [1.807, 2.05) is 18.2 Å². The fraction of sp³-hybridized carbons (Fsp3) is 0.500. The van der Waals surface area contributed by atoms with E-state index < -0.39 is 0 Å². The molecule has 96 valence electrons. The summed E-state index contributed by atoms with van der Waals surface area (Å²) in [6.45, 7) is 5.96. The Hall–Kier alpha value is -1.55. The molecule has 0 saturated carbocycles. The highest BCUT2D eigenvalue weighted by molar-refractivity contribution is 5.79. The van der Waals surface area contributed by atoms with Gasteiger partial charge < -0.3 is 15.0 Å². The standard InChI is InChI=1S/C14H19N3O/c1-3-17-13-7-11(15)4-5-12(13)16-14(17)10-6-9(2)18-8-10/h4-5,7,9-10H,3,6,8,15H2,1-2H3. The van der Waals surface area contributed by atoms with Crippen molar-refractivity contribution < 1.29 is 4.74 Å². The van der Waals surface area contributed by atoms with E-state index in [0.717, 1.165) is 42.1 Å². The average Bonchev–Trinajstić information content (AvgIpc) is 2.91. The Labute approximate surface area is 107 Å². The Bertz CT molecular complexity index is 576. The van der Waals surface area contributed by atoms with Crippen molar-refractivity contribution in [2.75, 3.05) is 12.3 Å². The fourth-order valence-corrected chi connectivity index (χ4v) is 2.80. The normalized spacial score (nSPS) is 23.9. The number of aromatic nitrogens is 2. The number of nitrogens with two attached hydrogens (primary N) is 1. The van der Waals surface area contributed by atoms with E-state index in [1.54, 1.807) is 0 Å². The summed E-state index contributed by atoms with van der Waals surface area (Å²) in [4.78, 5) is 4.77. The van der Waals surface area contributed by atoms with E-state index in [1.165, 1.54) is 0 Å². The number of fused-ring (bicyclic) bond motifs is 1. The number of ether oxygens (including phenoxy) is 1. The topological polar surface area (TPSA) is 53.1 Å². The number of benzene rings is 1. The highest BCUT2D eigenvalue weighted by Crippen LogP contribution is 2.31. The van der Waals surface area contributed by atoms with Crippen molar-refractivity contribution >= 4 is 16.7 Å². The van der Waals surface area contributed by atoms with Crippen LogP contribution in [0.5, 0.6) is 0 Å². The van der Waals surface area contributed by atoms with Gasteiger partial charge in [0.25, 0.3) is 0 Å². The quantitative estimate of drug-likeness (QED) is 0.827. The van der Waals surface area contributed by atoms with E-state index in [-0.39, 0.29) is 0 Å². The van der Waals surface area contributed by atoms with Gasteiger partial charge in [0.15, 0.2) is 0 Å². The zero-order valence-corrected chi connectivity index (χ0v) is 10.9. The molecular formula is C14H19N3O. The second-order valence-electron chi connectivity index (χ2n) is 5.04. The molecule has 4 heteroatoms. The summed E-state index contributed by atoms with van der Waals surface area (Å²) < 4.78 is 7.92. The summed E-state index contributed by atoms with van der Waals surface area (Å²) in [5.41, 5.74) is 8.82. The van der Waals surface area contributed by atoms with Gasteiger partial charge in [0.2, 0.25) is 0 Å². The maximum absolute atomic E-state index is 5.87. The van der Waals surface area contributed by atoms with Gasteiger partial charge in [-0.05, 0) is 38.5 Å². The van der Waals surface area contributed by atoms with Crippen LogP contribution in [0.15, 0.2) is 18.2 Å². The molecule has 4 nitrogen and oxygen atoms in total. The van der Waals surface area contributed by atoms with Gasteiger partial charge >= 0.3 is 0 Å². The molecule has 1 aliphatic heterocycles. The molecule has 2 unspecified atom stereocenters. The van der Waals surface area contributed by atoms with Crippen molar-refractivity contribution in [3.8, 4) is 0 Å². The first-order valence-electron chi connectivity index (χ1n) is 6.56. The van der Waals surface area contributed by atoms with Gasteiger partial charge in [-0.2, -0.15) is 0 Å². The van der Waals surface area contributed by atoms with E-state index in [4.69, 9.17) is 15.5 Å². The molecule has 0 spiro atoms. The second kappa shape index (κ2) is 4.28. The first-order chi connectivity index (χ1) is 8.69. The third kappa shape index (κ3) is 1.77. The highest BCUT2D eigenvalue weighted by atomic mass is 16.5. The summed E-state index contributed by atoms with van der Waals surface area (Å²) in [7, 11) is 0. The molecule has 0 bridgehead atoms. The van der Waals surface area contributed by atoms with Gasteiger partial charge in [0.1, 0.15) is 5.82 Å². The Kier molecular flexibility index (Phi) is 2.74. The molecule has 2 heterocycles. The molecule has 1 aromatic heterocycles. The van der Waals surface area contributed by atoms with Crippen LogP contribution in [-0.2, 0) is 11.3 Å². The number of hydrogen-bond acceptors (Lipinski definition) is 3. The summed E-state index contributed by atoms with van der Waals surface area (Å²) >= 11 is 0. The fourth-order valence-electron chi connectivity index (χ4n) is 2.80. The van der Waals surface area contributed by atoms with Crippen molar-refractivity contribution in [1.29, 1.82) is 0 Å². The van der Waals surface area contributed by atoms with Crippen LogP contribution in [0, 0.1) is 0 Å². The van der Waals surface area contributed by atoms with Crippen LogP contribution in [0.4, 0.5) is 5.69 Å². The first-order valence-corrected chi connectivity index (χ1v) is 6.56. The smallest absolute Gasteiger partial charge is 0.115 e. The van der Waals surface area contributed by atoms with Crippen LogP contribution in [0.3, 0.4) is 0 Å². The molecule has 2 aromatic rings. The lowest BCUT2D eigenvalue weighted by atomic mass is 10.1. The number of imidazole rings is 1. The Balaban J connectivity index is 2.11. The Morgan fingerprint density at radius 3 is 3.00 bits per heavy atom. The monoisotopic (exact) mass is 245 g/mol. The molecule has 2 N–H and O–H groups in total. The van der Waals surface area contributed by atoms with Gasteiger partial charge in [-0.1, -0.05) is 0 Å². The summed E-state index contributed by atoms with van der Waals surface area (Å²) in [5, 5.41) is 0. The van der Waals surface area contributed by atoms with Crippen LogP contribution in [0.25, 0.3) is 11.0 Å².